The summed E-state index contributed by atoms with van der Waals surface area (Å²) in [5, 5.41) is 10.5. The molecule has 0 radical (unpaired) electrons. The van der Waals surface area contributed by atoms with Crippen molar-refractivity contribution in [1.29, 1.82) is 0 Å². The van der Waals surface area contributed by atoms with Gasteiger partial charge in [0.05, 0.1) is 52.1 Å². The van der Waals surface area contributed by atoms with Crippen LogP contribution in [0.15, 0.2) is 46.2 Å². The maximum absolute atomic E-state index is 13.8. The van der Waals surface area contributed by atoms with Gasteiger partial charge in [-0.1, -0.05) is 0 Å². The van der Waals surface area contributed by atoms with E-state index in [1.165, 1.54) is 64.8 Å². The molecule has 2 N–H and O–H groups in total. The minimum atomic E-state index is -4.52. The van der Waals surface area contributed by atoms with E-state index in [0.29, 0.717) is 0 Å². The number of rotatable bonds is 12. The first-order chi connectivity index (χ1) is 17.8. The summed E-state index contributed by atoms with van der Waals surface area (Å²) in [6.07, 6.45) is -1.53. The first-order valence-electron chi connectivity index (χ1n) is 11.1. The predicted octanol–water partition coefficient (Wildman–Crippen LogP) is -0.152. The van der Waals surface area contributed by atoms with Crippen LogP contribution in [0.25, 0.3) is 0 Å². The molecule has 2 atom stereocenters. The van der Waals surface area contributed by atoms with Gasteiger partial charge in [-0.15, -0.1) is 0 Å². The molecule has 0 unspecified atom stereocenters. The van der Waals surface area contributed by atoms with Gasteiger partial charge in [0.1, 0.15) is 32.8 Å². The molecule has 0 amide bonds. The topological polar surface area (TPSA) is 175 Å². The number of hydrogen-bond donors (Lipinski definition) is 2. The van der Waals surface area contributed by atoms with Crippen LogP contribution in [0, 0.1) is 0 Å². The summed E-state index contributed by atoms with van der Waals surface area (Å²) in [7, 11) is -7.25. The van der Waals surface area contributed by atoms with Gasteiger partial charge in [0.2, 0.25) is 20.0 Å². The van der Waals surface area contributed by atoms with Crippen LogP contribution in [0.1, 0.15) is 0 Å². The standard InChI is InChI=1S/C22H30N2O11S3/c1-32-15-5-7-19(34-3)21(11-15)37(28,29)23-9-10-24(17-13-36(26,27)14-18(17)25)38(30,31)22-12-16(33-2)6-8-20(22)35-4/h5-8,11-12,17-18,23,25H,9-10,13-14H2,1-4H3/t17-,18-/m0/s1. The van der Waals surface area contributed by atoms with Crippen molar-refractivity contribution in [2.75, 3.05) is 53.0 Å². The van der Waals surface area contributed by atoms with E-state index in [2.05, 4.69) is 4.72 Å². The Morgan fingerprint density at radius 1 is 0.868 bits per heavy atom. The van der Waals surface area contributed by atoms with Gasteiger partial charge in [0, 0.05) is 25.2 Å². The van der Waals surface area contributed by atoms with E-state index in [1.54, 1.807) is 0 Å². The number of benzene rings is 2. The van der Waals surface area contributed by atoms with Gasteiger partial charge >= 0.3 is 0 Å². The van der Waals surface area contributed by atoms with Gasteiger partial charge in [0.15, 0.2) is 9.84 Å². The zero-order valence-electron chi connectivity index (χ0n) is 21.1. The molecule has 0 aromatic heterocycles. The number of ether oxygens (including phenoxy) is 4. The average Bonchev–Trinajstić information content (AvgIpc) is 3.16. The number of nitrogens with zero attached hydrogens (tertiary/aromatic N) is 1. The summed E-state index contributed by atoms with van der Waals surface area (Å²) in [5.74, 6) is -0.856. The Morgan fingerprint density at radius 2 is 1.39 bits per heavy atom. The van der Waals surface area contributed by atoms with Crippen molar-refractivity contribution in [2.24, 2.45) is 0 Å². The summed E-state index contributed by atoms with van der Waals surface area (Å²) >= 11 is 0. The van der Waals surface area contributed by atoms with Crippen molar-refractivity contribution in [3.63, 3.8) is 0 Å². The third-order valence-electron chi connectivity index (χ3n) is 5.91. The zero-order chi connectivity index (χ0) is 28.3. The predicted molar refractivity (Wildman–Crippen MR) is 137 cm³/mol. The van der Waals surface area contributed by atoms with Crippen LogP contribution >= 0.6 is 0 Å². The molecule has 38 heavy (non-hydrogen) atoms. The first-order valence-corrected chi connectivity index (χ1v) is 15.9. The fraction of sp³-hybridized carbons (Fsp3) is 0.455. The van der Waals surface area contributed by atoms with Crippen LogP contribution in [0.4, 0.5) is 0 Å². The van der Waals surface area contributed by atoms with Crippen LogP contribution in [0.2, 0.25) is 0 Å². The van der Waals surface area contributed by atoms with Crippen LogP contribution < -0.4 is 23.7 Å². The normalized spacial score (nSPS) is 19.3. The number of sulfone groups is 1. The van der Waals surface area contributed by atoms with E-state index >= 15 is 0 Å². The van der Waals surface area contributed by atoms with Gasteiger partial charge in [-0.05, 0) is 24.3 Å². The second-order valence-electron chi connectivity index (χ2n) is 8.26. The highest BCUT2D eigenvalue weighted by Crippen LogP contribution is 2.33. The molecule has 0 bridgehead atoms. The summed E-state index contributed by atoms with van der Waals surface area (Å²) in [4.78, 5) is -0.583. The highest BCUT2D eigenvalue weighted by Gasteiger charge is 2.45. The third-order valence-corrected chi connectivity index (χ3v) is 11.0. The molecule has 0 saturated carbocycles. The molecule has 0 spiro atoms. The second-order valence-corrected chi connectivity index (χ2v) is 14.0. The Hall–Kier alpha value is -2.63. The summed E-state index contributed by atoms with van der Waals surface area (Å²) in [6.45, 7) is -0.969. The van der Waals surface area contributed by atoms with E-state index in [4.69, 9.17) is 18.9 Å². The van der Waals surface area contributed by atoms with Crippen molar-refractivity contribution < 1.29 is 49.3 Å². The fourth-order valence-corrected chi connectivity index (χ4v) is 8.95. The van der Waals surface area contributed by atoms with E-state index in [-0.39, 0.29) is 32.8 Å². The van der Waals surface area contributed by atoms with Crippen molar-refractivity contribution >= 4 is 29.9 Å². The SMILES string of the molecule is COc1ccc(OC)c(S(=O)(=O)NCCN([C@H]2CS(=O)(=O)C[C@@H]2O)S(=O)(=O)c2cc(OC)ccc2OC)c1. The van der Waals surface area contributed by atoms with Crippen LogP contribution in [-0.2, 0) is 29.9 Å². The van der Waals surface area contributed by atoms with Crippen molar-refractivity contribution in [3.05, 3.63) is 36.4 Å². The lowest BCUT2D eigenvalue weighted by atomic mass is 10.2. The number of hydrogen-bond acceptors (Lipinski definition) is 11. The molecule has 1 fully saturated rings. The molecule has 1 aliphatic heterocycles. The molecular formula is C22H30N2O11S3. The maximum atomic E-state index is 13.8. The number of sulfonamides is 2. The Bertz CT molecular complexity index is 1480. The monoisotopic (exact) mass is 594 g/mol. The van der Waals surface area contributed by atoms with Gasteiger partial charge in [-0.3, -0.25) is 0 Å². The highest BCUT2D eigenvalue weighted by atomic mass is 32.2. The largest absolute Gasteiger partial charge is 0.497 e. The Balaban J connectivity index is 1.98. The minimum Gasteiger partial charge on any atom is -0.497 e. The molecule has 212 valence electrons. The van der Waals surface area contributed by atoms with Gasteiger partial charge in [-0.2, -0.15) is 4.31 Å². The summed E-state index contributed by atoms with van der Waals surface area (Å²) < 4.78 is 102. The quantitative estimate of drug-likeness (QED) is 0.334. The maximum Gasteiger partial charge on any atom is 0.247 e. The van der Waals surface area contributed by atoms with Gasteiger partial charge in [-0.25, -0.2) is 30.0 Å². The third kappa shape index (κ3) is 6.32. The van der Waals surface area contributed by atoms with E-state index < -0.39 is 66.6 Å². The van der Waals surface area contributed by atoms with Crippen molar-refractivity contribution in [3.8, 4) is 23.0 Å². The zero-order valence-corrected chi connectivity index (χ0v) is 23.6. The lowest BCUT2D eigenvalue weighted by Crippen LogP contribution is -2.49. The van der Waals surface area contributed by atoms with Gasteiger partial charge < -0.3 is 24.1 Å². The number of nitrogens with one attached hydrogen (secondary N) is 1. The molecule has 3 rings (SSSR count). The molecular weight excluding hydrogens is 564 g/mol. The Morgan fingerprint density at radius 3 is 1.87 bits per heavy atom. The molecule has 1 saturated heterocycles. The molecule has 1 aliphatic rings. The van der Waals surface area contributed by atoms with Crippen LogP contribution in [0.5, 0.6) is 23.0 Å². The smallest absolute Gasteiger partial charge is 0.247 e. The van der Waals surface area contributed by atoms with Crippen LogP contribution in [-0.4, -0.2) is 99.8 Å². The summed E-state index contributed by atoms with van der Waals surface area (Å²) in [6, 6.07) is 6.83. The van der Waals surface area contributed by atoms with E-state index in [1.807, 2.05) is 0 Å². The fourth-order valence-electron chi connectivity index (χ4n) is 4.02. The first kappa shape index (κ1) is 29.9. The van der Waals surface area contributed by atoms with Crippen LogP contribution in [0.3, 0.4) is 0 Å². The number of aliphatic hydroxyl groups is 1. The molecule has 16 heteroatoms. The highest BCUT2D eigenvalue weighted by molar-refractivity contribution is 7.92. The molecule has 1 heterocycles. The van der Waals surface area contributed by atoms with Gasteiger partial charge in [0.25, 0.3) is 0 Å². The Kier molecular flexibility index (Phi) is 9.16. The lowest BCUT2D eigenvalue weighted by molar-refractivity contribution is 0.128. The lowest BCUT2D eigenvalue weighted by Gasteiger charge is -2.30. The van der Waals surface area contributed by atoms with Crippen molar-refractivity contribution in [2.45, 2.75) is 21.9 Å². The molecule has 13 nitrogen and oxygen atoms in total. The molecule has 2 aromatic rings. The van der Waals surface area contributed by atoms with E-state index in [0.717, 1.165) is 4.31 Å². The second kappa shape index (κ2) is 11.6. The number of aliphatic hydroxyl groups excluding tert-OH is 1. The van der Waals surface area contributed by atoms with E-state index in [9.17, 15) is 30.4 Å². The average molecular weight is 595 g/mol. The Labute approximate surface area is 222 Å². The summed E-state index contributed by atoms with van der Waals surface area (Å²) in [5.41, 5.74) is 0. The van der Waals surface area contributed by atoms with Crippen molar-refractivity contribution in [1.82, 2.24) is 9.03 Å². The minimum absolute atomic E-state index is 0.0289. The molecule has 2 aromatic carbocycles. The molecule has 0 aliphatic carbocycles. The number of methoxy groups -OCH3 is 4.